The lowest BCUT2D eigenvalue weighted by Crippen LogP contribution is -2.43. The van der Waals surface area contributed by atoms with E-state index in [1.165, 1.54) is 13.5 Å². The van der Waals surface area contributed by atoms with Crippen LogP contribution in [0.1, 0.15) is 51.0 Å². The van der Waals surface area contributed by atoms with Gasteiger partial charge in [-0.15, -0.1) is 0 Å². The van der Waals surface area contributed by atoms with Crippen molar-refractivity contribution in [2.24, 2.45) is 5.92 Å². The van der Waals surface area contributed by atoms with Gasteiger partial charge in [-0.05, 0) is 48.2 Å². The lowest BCUT2D eigenvalue weighted by molar-refractivity contribution is -0.145. The third kappa shape index (κ3) is 7.01. The number of nitrogens with one attached hydrogen (secondary N) is 3. The summed E-state index contributed by atoms with van der Waals surface area (Å²) in [6.07, 6.45) is 6.04. The summed E-state index contributed by atoms with van der Waals surface area (Å²) < 4.78 is 4.77. The molecule has 3 N–H and O–H groups in total. The molecule has 160 valence electrons. The number of benzene rings is 1. The van der Waals surface area contributed by atoms with Crippen molar-refractivity contribution >= 4 is 35.2 Å². The van der Waals surface area contributed by atoms with Crippen LogP contribution >= 0.6 is 11.8 Å². The normalized spacial score (nSPS) is 16.5. The number of carbonyl (C=O) groups excluding carboxylic acids is 3. The van der Waals surface area contributed by atoms with Crippen molar-refractivity contribution in [3.8, 4) is 0 Å². The zero-order valence-electron chi connectivity index (χ0n) is 17.0. The average Bonchev–Trinajstić information content (AvgIpc) is 2.75. The van der Waals surface area contributed by atoms with Crippen LogP contribution < -0.4 is 15.5 Å². The van der Waals surface area contributed by atoms with Crippen LogP contribution in [0, 0.1) is 5.92 Å². The highest BCUT2D eigenvalue weighted by Crippen LogP contribution is 2.27. The molecule has 7 nitrogen and oxygen atoms in total. The molecule has 8 heteroatoms. The molecule has 0 unspecified atom stereocenters. The van der Waals surface area contributed by atoms with Gasteiger partial charge in [-0.2, -0.15) is 0 Å². The fourth-order valence-electron chi connectivity index (χ4n) is 3.63. The second-order valence-corrected chi connectivity index (χ2v) is 7.59. The summed E-state index contributed by atoms with van der Waals surface area (Å²) in [6.45, 7) is 1.72. The largest absolute Gasteiger partial charge is 0.467 e. The van der Waals surface area contributed by atoms with Crippen molar-refractivity contribution in [2.45, 2.75) is 64.0 Å². The number of ether oxygens (including phenoxy) is 1. The summed E-state index contributed by atoms with van der Waals surface area (Å²) in [5, 5.41) is 5.56. The fraction of sp³-hybridized carbons (Fsp3) is 0.571. The van der Waals surface area contributed by atoms with E-state index >= 15 is 0 Å². The molecule has 1 saturated carbocycles. The second kappa shape index (κ2) is 11.8. The Kier molecular flexibility index (Phi) is 9.41. The van der Waals surface area contributed by atoms with E-state index in [4.69, 9.17) is 16.5 Å². The van der Waals surface area contributed by atoms with Crippen molar-refractivity contribution in [3.05, 3.63) is 29.8 Å². The summed E-state index contributed by atoms with van der Waals surface area (Å²) >= 11 is 5.85. The van der Waals surface area contributed by atoms with Gasteiger partial charge in [0.2, 0.25) is 11.8 Å². The van der Waals surface area contributed by atoms with E-state index in [-0.39, 0.29) is 24.2 Å². The van der Waals surface area contributed by atoms with Crippen LogP contribution in [0.15, 0.2) is 24.3 Å². The number of anilines is 1. The van der Waals surface area contributed by atoms with E-state index in [0.29, 0.717) is 12.1 Å². The predicted octanol–water partition coefficient (Wildman–Crippen LogP) is 2.93. The minimum atomic E-state index is -0.746. The monoisotopic (exact) mass is 423 g/mol. The molecule has 0 radical (unpaired) electrons. The first-order valence-electron chi connectivity index (χ1n) is 10.1. The third-order valence-electron chi connectivity index (χ3n) is 5.32. The molecular weight excluding hydrogens is 394 g/mol. The van der Waals surface area contributed by atoms with Gasteiger partial charge in [-0.1, -0.05) is 38.3 Å². The van der Waals surface area contributed by atoms with Gasteiger partial charge in [0.15, 0.2) is 0 Å². The first kappa shape index (κ1) is 23.2. The number of methoxy groups -OCH3 is 1. The molecule has 2 rings (SSSR count). The van der Waals surface area contributed by atoms with Crippen molar-refractivity contribution in [2.75, 3.05) is 12.4 Å². The van der Waals surface area contributed by atoms with E-state index < -0.39 is 18.1 Å². The van der Waals surface area contributed by atoms with Gasteiger partial charge in [-0.3, -0.25) is 9.59 Å². The van der Waals surface area contributed by atoms with Gasteiger partial charge in [0.1, 0.15) is 12.1 Å². The number of rotatable bonds is 9. The number of esters is 1. The Morgan fingerprint density at radius 1 is 1.14 bits per heavy atom. The molecule has 1 aliphatic rings. The summed E-state index contributed by atoms with van der Waals surface area (Å²) in [4.78, 5) is 38.8. The van der Waals surface area contributed by atoms with Crippen molar-refractivity contribution < 1.29 is 19.1 Å². The average molecular weight is 424 g/mol. The Morgan fingerprint density at radius 2 is 1.79 bits per heavy atom. The molecule has 0 spiro atoms. The minimum Gasteiger partial charge on any atom is -0.467 e. The highest BCUT2D eigenvalue weighted by Gasteiger charge is 2.29. The quantitative estimate of drug-likeness (QED) is 0.419. The molecule has 0 saturated heterocycles. The zero-order valence-corrected chi connectivity index (χ0v) is 17.8. The first-order valence-corrected chi connectivity index (χ1v) is 10.5. The summed E-state index contributed by atoms with van der Waals surface area (Å²) in [5.74, 6) is -0.620. The van der Waals surface area contributed by atoms with Crippen LogP contribution in [0.3, 0.4) is 0 Å². The fourth-order valence-corrected chi connectivity index (χ4v) is 3.91. The summed E-state index contributed by atoms with van der Waals surface area (Å²) in [7, 11) is 1.29. The van der Waals surface area contributed by atoms with Gasteiger partial charge in [-0.25, -0.2) is 9.63 Å². The number of halogens is 1. The summed E-state index contributed by atoms with van der Waals surface area (Å²) in [6, 6.07) is 6.00. The van der Waals surface area contributed by atoms with Crippen LogP contribution in [0.4, 0.5) is 5.69 Å². The van der Waals surface area contributed by atoms with E-state index in [9.17, 15) is 14.4 Å². The smallest absolute Gasteiger partial charge is 0.328 e. The van der Waals surface area contributed by atoms with E-state index in [1.54, 1.807) is 19.1 Å². The van der Waals surface area contributed by atoms with Crippen molar-refractivity contribution in [1.29, 1.82) is 0 Å². The van der Waals surface area contributed by atoms with Crippen molar-refractivity contribution in [1.82, 2.24) is 10.2 Å². The maximum atomic E-state index is 12.6. The van der Waals surface area contributed by atoms with Gasteiger partial charge in [0, 0.05) is 18.5 Å². The molecule has 2 amide bonds. The number of carbonyl (C=O) groups is 3. The van der Waals surface area contributed by atoms with Crippen LogP contribution in [0.25, 0.3) is 0 Å². The Hall–Kier alpha value is -2.12. The van der Waals surface area contributed by atoms with E-state index in [0.717, 1.165) is 31.2 Å². The Bertz CT molecular complexity index is 690. The molecule has 1 aromatic rings. The Balaban J connectivity index is 1.98. The maximum absolute atomic E-state index is 12.6. The highest BCUT2D eigenvalue weighted by molar-refractivity contribution is 6.15. The third-order valence-corrected chi connectivity index (χ3v) is 5.56. The molecule has 29 heavy (non-hydrogen) atoms. The zero-order chi connectivity index (χ0) is 21.2. The molecule has 0 heterocycles. The van der Waals surface area contributed by atoms with Gasteiger partial charge in [0.05, 0.1) is 7.11 Å². The van der Waals surface area contributed by atoms with Crippen LogP contribution in [-0.2, 0) is 25.5 Å². The minimum absolute atomic E-state index is 0.151. The van der Waals surface area contributed by atoms with Crippen LogP contribution in [0.2, 0.25) is 0 Å². The Labute approximate surface area is 177 Å². The molecule has 0 bridgehead atoms. The summed E-state index contributed by atoms with van der Waals surface area (Å²) in [5.41, 5.74) is 1.49. The second-order valence-electron chi connectivity index (χ2n) is 7.37. The molecule has 0 aromatic heterocycles. The molecule has 1 aromatic carbocycles. The van der Waals surface area contributed by atoms with Crippen LogP contribution in [-0.4, -0.2) is 37.0 Å². The Morgan fingerprint density at radius 3 is 2.34 bits per heavy atom. The molecule has 1 fully saturated rings. The highest BCUT2D eigenvalue weighted by atomic mass is 35.5. The molecular formula is C21H30ClN3O4. The number of hydrogen-bond acceptors (Lipinski definition) is 5. The van der Waals surface area contributed by atoms with E-state index in [2.05, 4.69) is 15.5 Å². The van der Waals surface area contributed by atoms with Crippen LogP contribution in [0.5, 0.6) is 0 Å². The lowest BCUT2D eigenvalue weighted by Gasteiger charge is -2.28. The maximum Gasteiger partial charge on any atom is 0.328 e. The number of amides is 2. The van der Waals surface area contributed by atoms with E-state index in [1.807, 2.05) is 12.1 Å². The molecule has 0 aliphatic heterocycles. The standard InChI is InChI=1S/C21H30ClN3O4/c1-3-18(26)24-17(21(28)29-2)13-14-9-11-16(12-10-14)23-20(27)19(25-22)15-7-5-4-6-8-15/h9-12,15,17,19,25H,3-8,13H2,1-2H3,(H,23,27)(H,24,26)/t17-,19+/m1/s1. The molecule has 2 atom stereocenters. The molecule has 1 aliphatic carbocycles. The first-order chi connectivity index (χ1) is 14.0. The van der Waals surface area contributed by atoms with Gasteiger partial charge < -0.3 is 15.4 Å². The SMILES string of the molecule is CCC(=O)N[C@H](Cc1ccc(NC(=O)[C@@H](NCl)C2CCCCC2)cc1)C(=O)OC. The lowest BCUT2D eigenvalue weighted by atomic mass is 9.84. The topological polar surface area (TPSA) is 96.5 Å². The van der Waals surface area contributed by atoms with Gasteiger partial charge in [0.25, 0.3) is 0 Å². The predicted molar refractivity (Wildman–Crippen MR) is 112 cm³/mol. The van der Waals surface area contributed by atoms with Crippen molar-refractivity contribution in [3.63, 3.8) is 0 Å². The number of hydrogen-bond donors (Lipinski definition) is 3. The van der Waals surface area contributed by atoms with Gasteiger partial charge >= 0.3 is 5.97 Å².